The van der Waals surface area contributed by atoms with Gasteiger partial charge in [-0.05, 0) is 49.2 Å². The van der Waals surface area contributed by atoms with Crippen molar-refractivity contribution in [1.82, 2.24) is 20.1 Å². The van der Waals surface area contributed by atoms with Crippen LogP contribution in [0.4, 0.5) is 8.78 Å². The summed E-state index contributed by atoms with van der Waals surface area (Å²) >= 11 is 3.09. The molecule has 2 unspecified atom stereocenters. The van der Waals surface area contributed by atoms with E-state index in [9.17, 15) is 13.6 Å². The summed E-state index contributed by atoms with van der Waals surface area (Å²) in [6.07, 6.45) is -2.04. The summed E-state index contributed by atoms with van der Waals surface area (Å²) < 4.78 is 27.1. The van der Waals surface area contributed by atoms with Gasteiger partial charge in [-0.15, -0.1) is 11.3 Å². The van der Waals surface area contributed by atoms with E-state index in [2.05, 4.69) is 15.4 Å². The van der Waals surface area contributed by atoms with E-state index >= 15 is 0 Å². The maximum Gasteiger partial charge on any atom is 0.282 e. The van der Waals surface area contributed by atoms with E-state index in [1.807, 2.05) is 29.1 Å². The van der Waals surface area contributed by atoms with Crippen LogP contribution >= 0.6 is 22.7 Å². The molecule has 5 nitrogen and oxygen atoms in total. The van der Waals surface area contributed by atoms with Crippen molar-refractivity contribution in [2.45, 2.75) is 45.7 Å². The lowest BCUT2D eigenvalue weighted by molar-refractivity contribution is -0.125. The van der Waals surface area contributed by atoms with Gasteiger partial charge >= 0.3 is 0 Å². The Bertz CT molecular complexity index is 905. The molecule has 1 amide bonds. The topological polar surface area (TPSA) is 59.8 Å². The van der Waals surface area contributed by atoms with Crippen molar-refractivity contribution < 1.29 is 13.6 Å². The number of nitrogens with one attached hydrogen (secondary N) is 1. The highest BCUT2D eigenvalue weighted by molar-refractivity contribution is 7.09. The Labute approximate surface area is 164 Å². The highest BCUT2D eigenvalue weighted by atomic mass is 32.1. The van der Waals surface area contributed by atoms with Gasteiger partial charge < -0.3 is 5.32 Å². The standard InChI is InChI=1S/C18H20F2N4OS2/c1-10-8-27-18(21-10)15(7-13-4-5-26-9-13)22-17(25)12(3)24-11(2)6-14(23-24)16(19)20/h4-6,8-9,12,15-16H,7H2,1-3H3,(H,22,25). The molecule has 9 heteroatoms. The minimum Gasteiger partial charge on any atom is -0.345 e. The van der Waals surface area contributed by atoms with Gasteiger partial charge in [-0.1, -0.05) is 0 Å². The Morgan fingerprint density at radius 1 is 1.33 bits per heavy atom. The second-order valence-electron chi connectivity index (χ2n) is 6.36. The van der Waals surface area contributed by atoms with Gasteiger partial charge in [0.2, 0.25) is 5.91 Å². The summed E-state index contributed by atoms with van der Waals surface area (Å²) in [6, 6.07) is 2.34. The van der Waals surface area contributed by atoms with Gasteiger partial charge in [0.25, 0.3) is 6.43 Å². The third-order valence-electron chi connectivity index (χ3n) is 4.18. The van der Waals surface area contributed by atoms with E-state index in [0.29, 0.717) is 12.1 Å². The molecule has 144 valence electrons. The van der Waals surface area contributed by atoms with Crippen LogP contribution in [0.5, 0.6) is 0 Å². The van der Waals surface area contributed by atoms with Crippen LogP contribution in [0.2, 0.25) is 0 Å². The highest BCUT2D eigenvalue weighted by Crippen LogP contribution is 2.25. The molecule has 2 atom stereocenters. The lowest BCUT2D eigenvalue weighted by Gasteiger charge is -2.20. The maximum absolute atomic E-state index is 12.9. The van der Waals surface area contributed by atoms with Gasteiger partial charge in [-0.25, -0.2) is 13.8 Å². The van der Waals surface area contributed by atoms with Crippen molar-refractivity contribution in [2.24, 2.45) is 0 Å². The molecule has 3 aromatic rings. The van der Waals surface area contributed by atoms with E-state index in [1.165, 1.54) is 22.1 Å². The van der Waals surface area contributed by atoms with Gasteiger partial charge in [-0.2, -0.15) is 16.4 Å². The minimum atomic E-state index is -2.66. The number of hydrogen-bond donors (Lipinski definition) is 1. The molecule has 3 rings (SSSR count). The molecule has 0 fully saturated rings. The highest BCUT2D eigenvalue weighted by Gasteiger charge is 2.25. The van der Waals surface area contributed by atoms with Gasteiger partial charge in [0.05, 0.1) is 6.04 Å². The number of rotatable bonds is 7. The molecular formula is C18H20F2N4OS2. The maximum atomic E-state index is 12.9. The number of halogens is 2. The molecule has 0 bridgehead atoms. The second kappa shape index (κ2) is 8.26. The number of alkyl halides is 2. The lowest BCUT2D eigenvalue weighted by atomic mass is 10.1. The number of nitrogens with zero attached hydrogens (tertiary/aromatic N) is 3. The molecule has 0 aromatic carbocycles. The monoisotopic (exact) mass is 410 g/mol. The van der Waals surface area contributed by atoms with Crippen molar-refractivity contribution >= 4 is 28.6 Å². The number of carbonyl (C=O) groups excluding carboxylic acids is 1. The largest absolute Gasteiger partial charge is 0.345 e. The first-order chi connectivity index (χ1) is 12.8. The lowest BCUT2D eigenvalue weighted by Crippen LogP contribution is -2.35. The quantitative estimate of drug-likeness (QED) is 0.618. The van der Waals surface area contributed by atoms with Crippen molar-refractivity contribution in [3.8, 4) is 0 Å². The smallest absolute Gasteiger partial charge is 0.282 e. The third kappa shape index (κ3) is 4.59. The zero-order valence-corrected chi connectivity index (χ0v) is 16.8. The molecule has 27 heavy (non-hydrogen) atoms. The summed E-state index contributed by atoms with van der Waals surface area (Å²) in [5, 5.41) is 13.7. The molecule has 0 radical (unpaired) electrons. The van der Waals surface area contributed by atoms with Crippen LogP contribution in [0, 0.1) is 13.8 Å². The van der Waals surface area contributed by atoms with Gasteiger partial charge in [-0.3, -0.25) is 9.48 Å². The van der Waals surface area contributed by atoms with Crippen molar-refractivity contribution in [3.05, 3.63) is 55.9 Å². The Morgan fingerprint density at radius 3 is 2.67 bits per heavy atom. The summed E-state index contributed by atoms with van der Waals surface area (Å²) in [5.41, 5.74) is 2.21. The van der Waals surface area contributed by atoms with Crippen LogP contribution < -0.4 is 5.32 Å². The van der Waals surface area contributed by atoms with Gasteiger partial charge in [0.1, 0.15) is 16.7 Å². The Hall–Kier alpha value is -2.13. The van der Waals surface area contributed by atoms with Crippen LogP contribution in [-0.2, 0) is 11.2 Å². The molecule has 3 aromatic heterocycles. The van der Waals surface area contributed by atoms with Crippen molar-refractivity contribution in [1.29, 1.82) is 0 Å². The fraction of sp³-hybridized carbons (Fsp3) is 0.389. The summed E-state index contributed by atoms with van der Waals surface area (Å²) in [6.45, 7) is 5.22. The number of aryl methyl sites for hydroxylation is 2. The SMILES string of the molecule is Cc1csc(C(Cc2ccsc2)NC(=O)C(C)n2nc(C(F)F)cc2C)n1. The van der Waals surface area contributed by atoms with Crippen LogP contribution in [0.15, 0.2) is 28.3 Å². The van der Waals surface area contributed by atoms with Gasteiger partial charge in [0.15, 0.2) is 0 Å². The summed E-state index contributed by atoms with van der Waals surface area (Å²) in [7, 11) is 0. The van der Waals surface area contributed by atoms with Crippen molar-refractivity contribution in [2.75, 3.05) is 0 Å². The number of thiophene rings is 1. The zero-order chi connectivity index (χ0) is 19.6. The minimum absolute atomic E-state index is 0.279. The van der Waals surface area contributed by atoms with E-state index in [4.69, 9.17) is 0 Å². The number of aromatic nitrogens is 3. The summed E-state index contributed by atoms with van der Waals surface area (Å²) in [4.78, 5) is 17.3. The fourth-order valence-corrected chi connectivity index (χ4v) is 4.32. The molecule has 0 aliphatic carbocycles. The van der Waals surface area contributed by atoms with E-state index in [1.54, 1.807) is 25.2 Å². The zero-order valence-electron chi connectivity index (χ0n) is 15.1. The predicted octanol–water partition coefficient (Wildman–Crippen LogP) is 4.62. The van der Waals surface area contributed by atoms with Gasteiger partial charge in [0, 0.05) is 23.2 Å². The molecule has 0 saturated carbocycles. The molecule has 0 aliphatic heterocycles. The molecular weight excluding hydrogens is 390 g/mol. The first-order valence-corrected chi connectivity index (χ1v) is 10.2. The van der Waals surface area contributed by atoms with E-state index in [-0.39, 0.29) is 17.6 Å². The summed E-state index contributed by atoms with van der Waals surface area (Å²) in [5.74, 6) is -0.282. The first-order valence-electron chi connectivity index (χ1n) is 8.42. The van der Waals surface area contributed by atoms with Crippen LogP contribution in [0.25, 0.3) is 0 Å². The average molecular weight is 411 g/mol. The first kappa shape index (κ1) is 19.6. The number of amides is 1. The van der Waals surface area contributed by atoms with E-state index < -0.39 is 12.5 Å². The predicted molar refractivity (Wildman–Crippen MR) is 102 cm³/mol. The van der Waals surface area contributed by atoms with Crippen LogP contribution in [0.1, 0.15) is 53.1 Å². The third-order valence-corrected chi connectivity index (χ3v) is 5.99. The van der Waals surface area contributed by atoms with E-state index in [0.717, 1.165) is 16.3 Å². The average Bonchev–Trinajstić information content (AvgIpc) is 3.35. The second-order valence-corrected chi connectivity index (χ2v) is 8.03. The Balaban J connectivity index is 1.79. The van der Waals surface area contributed by atoms with Crippen molar-refractivity contribution in [3.63, 3.8) is 0 Å². The molecule has 1 N–H and O–H groups in total. The number of thiazole rings is 1. The Morgan fingerprint density at radius 2 is 2.11 bits per heavy atom. The Kier molecular flexibility index (Phi) is 6.01. The normalized spacial score (nSPS) is 13.7. The van der Waals surface area contributed by atoms with Crippen LogP contribution in [-0.4, -0.2) is 20.7 Å². The molecule has 0 aliphatic rings. The molecule has 0 spiro atoms. The molecule has 0 saturated heterocycles. The molecule has 3 heterocycles. The number of carbonyl (C=O) groups is 1. The fourth-order valence-electron chi connectivity index (χ4n) is 2.79. The number of hydrogen-bond acceptors (Lipinski definition) is 5. The van der Waals surface area contributed by atoms with Crippen LogP contribution in [0.3, 0.4) is 0 Å².